The van der Waals surface area contributed by atoms with Gasteiger partial charge in [0.1, 0.15) is 0 Å². The minimum Gasteiger partial charge on any atom is -0.156 e. The maximum absolute atomic E-state index is 5.54. The molecule has 0 amide bonds. The van der Waals surface area contributed by atoms with Crippen LogP contribution in [0.3, 0.4) is 0 Å². The van der Waals surface area contributed by atoms with Gasteiger partial charge in [0.05, 0.1) is 0 Å². The molecule has 26 heavy (non-hydrogen) atoms. The minimum atomic E-state index is -1.84. The second-order valence-corrected chi connectivity index (χ2v) is 15.8. The predicted molar refractivity (Wildman–Crippen MR) is 117 cm³/mol. The molecule has 0 heterocycles. The van der Waals surface area contributed by atoms with Crippen molar-refractivity contribution >= 4 is 41.8 Å². The topological polar surface area (TPSA) is 0 Å². The summed E-state index contributed by atoms with van der Waals surface area (Å²) in [5.74, 6) is 0. The van der Waals surface area contributed by atoms with Crippen LogP contribution in [0.15, 0.2) is 72.8 Å². The van der Waals surface area contributed by atoms with Crippen LogP contribution >= 0.6 is 17.0 Å². The van der Waals surface area contributed by atoms with Crippen LogP contribution in [0.25, 0.3) is 21.5 Å². The van der Waals surface area contributed by atoms with E-state index in [0.29, 0.717) is 0 Å². The predicted octanol–water partition coefficient (Wildman–Crippen LogP) is 7.86. The number of halogens is 2. The molecule has 0 bridgehead atoms. The van der Waals surface area contributed by atoms with Gasteiger partial charge in [-0.15, -0.1) is 70.1 Å². The van der Waals surface area contributed by atoms with Gasteiger partial charge in [0.15, 0.2) is 0 Å². The molecule has 0 saturated heterocycles. The molecule has 0 unspecified atom stereocenters. The first-order chi connectivity index (χ1) is 12.4. The van der Waals surface area contributed by atoms with Gasteiger partial charge in [0.25, 0.3) is 0 Å². The number of aryl methyl sites for hydroxylation is 2. The van der Waals surface area contributed by atoms with Gasteiger partial charge in [0.2, 0.25) is 0 Å². The molecule has 3 heteroatoms. The van der Waals surface area contributed by atoms with E-state index in [4.69, 9.17) is 17.0 Å². The summed E-state index contributed by atoms with van der Waals surface area (Å²) in [7, 11) is 11.1. The van der Waals surface area contributed by atoms with Crippen molar-refractivity contribution < 1.29 is 18.9 Å². The van der Waals surface area contributed by atoms with Crippen molar-refractivity contribution in [2.45, 2.75) is 27.7 Å². The van der Waals surface area contributed by atoms with E-state index in [1.54, 1.807) is 0 Å². The second-order valence-electron chi connectivity index (χ2n) is 6.47. The van der Waals surface area contributed by atoms with E-state index in [0.717, 1.165) is 0 Å². The van der Waals surface area contributed by atoms with Crippen molar-refractivity contribution in [2.75, 3.05) is 0 Å². The van der Waals surface area contributed by atoms with E-state index in [1.165, 1.54) is 35.9 Å². The Morgan fingerprint density at radius 3 is 1.38 bits per heavy atom. The zero-order valence-electron chi connectivity index (χ0n) is 15.7. The molecule has 0 aliphatic heterocycles. The Morgan fingerprint density at radius 1 is 0.731 bits per heavy atom. The minimum absolute atomic E-state index is 1.24. The van der Waals surface area contributed by atoms with Crippen LogP contribution < -0.4 is 0 Å². The summed E-state index contributed by atoms with van der Waals surface area (Å²) in [6.07, 6.45) is 0. The van der Waals surface area contributed by atoms with E-state index in [2.05, 4.69) is 86.6 Å². The van der Waals surface area contributed by atoms with Gasteiger partial charge < -0.3 is 0 Å². The average molecular weight is 463 g/mol. The molecule has 0 saturated carbocycles. The molecule has 0 spiro atoms. The molecule has 0 aromatic heterocycles. The van der Waals surface area contributed by atoms with Crippen LogP contribution in [0.5, 0.6) is 0 Å². The average Bonchev–Trinajstić information content (AvgIpc) is 3.20. The van der Waals surface area contributed by atoms with Crippen molar-refractivity contribution in [3.8, 4) is 0 Å². The first kappa shape index (κ1) is 21.3. The van der Waals surface area contributed by atoms with Crippen molar-refractivity contribution in [3.63, 3.8) is 0 Å². The summed E-state index contributed by atoms with van der Waals surface area (Å²) < 4.78 is 1.24. The summed E-state index contributed by atoms with van der Waals surface area (Å²) in [6.45, 7) is 8.24. The van der Waals surface area contributed by atoms with Gasteiger partial charge in [-0.25, -0.2) is 0 Å². The van der Waals surface area contributed by atoms with E-state index in [-0.39, 0.29) is 0 Å². The molecule has 0 aliphatic rings. The van der Waals surface area contributed by atoms with E-state index in [9.17, 15) is 0 Å². The summed E-state index contributed by atoms with van der Waals surface area (Å²) in [6, 6.07) is 25.5. The molecule has 4 aromatic carbocycles. The largest absolute Gasteiger partial charge is 0.156 e. The fourth-order valence-corrected chi connectivity index (χ4v) is 2.61. The third-order valence-electron chi connectivity index (χ3n) is 4.18. The molecule has 0 nitrogen and oxygen atoms in total. The molecule has 0 atom stereocenters. The molecule has 0 aliphatic carbocycles. The van der Waals surface area contributed by atoms with Crippen molar-refractivity contribution in [1.29, 1.82) is 0 Å². The number of hydrogen-bond acceptors (Lipinski definition) is 0. The summed E-state index contributed by atoms with van der Waals surface area (Å²) >= 11 is -1.84. The van der Waals surface area contributed by atoms with Crippen molar-refractivity contribution in [1.82, 2.24) is 0 Å². The molecule has 0 fully saturated rings. The third-order valence-corrected chi connectivity index (χ3v) is 10.5. The Bertz CT molecular complexity index is 915. The van der Waals surface area contributed by atoms with Crippen LogP contribution in [0.1, 0.15) is 25.0 Å². The zero-order chi connectivity index (χ0) is 19.1. The summed E-state index contributed by atoms with van der Waals surface area (Å²) in [4.78, 5) is 0. The van der Waals surface area contributed by atoms with Crippen LogP contribution in [0, 0.1) is 13.8 Å². The fraction of sp³-hybridized carbons (Fsp3) is 0.174. The van der Waals surface area contributed by atoms with Crippen LogP contribution in [-0.4, -0.2) is 3.21 Å². The molecular weight excluding hydrogens is 438 g/mol. The number of hydrogen-bond donors (Lipinski definition) is 0. The van der Waals surface area contributed by atoms with Gasteiger partial charge in [-0.1, -0.05) is 26.0 Å². The molecule has 4 aromatic rings. The van der Waals surface area contributed by atoms with E-state index in [1.807, 2.05) is 13.8 Å². The Morgan fingerprint density at radius 2 is 1.08 bits per heavy atom. The summed E-state index contributed by atoms with van der Waals surface area (Å²) in [5.41, 5.74) is 2.74. The van der Waals surface area contributed by atoms with Crippen LogP contribution in [0.2, 0.25) is 0 Å². The standard InChI is InChI=1S/2C10H9.C3H6.2ClH.Zr/c2*1-8-6-7-9-4-2-3-5-10(8)9;1-3-2;;;/h2*2-7H,1H3;1-2H3;2*1H;/q2*-1;;;;+2/p-2. The monoisotopic (exact) mass is 460 g/mol. The van der Waals surface area contributed by atoms with Gasteiger partial charge in [-0.2, -0.15) is 23.3 Å². The van der Waals surface area contributed by atoms with Gasteiger partial charge in [0, 0.05) is 0 Å². The number of fused-ring (bicyclic) bond motifs is 2. The third kappa shape index (κ3) is 6.02. The van der Waals surface area contributed by atoms with Gasteiger partial charge in [-0.3, -0.25) is 0 Å². The van der Waals surface area contributed by atoms with Crippen molar-refractivity contribution in [2.24, 2.45) is 0 Å². The quantitative estimate of drug-likeness (QED) is 0.233. The smallest absolute Gasteiger partial charge is 0.0809 e. The normalized spacial score (nSPS) is 9.92. The maximum Gasteiger partial charge on any atom is -0.0809 e. The van der Waals surface area contributed by atoms with Gasteiger partial charge >= 0.3 is 53.0 Å². The first-order valence-electron chi connectivity index (χ1n) is 8.60. The Labute approximate surface area is 171 Å². The number of rotatable bonds is 0. The molecule has 4 rings (SSSR count). The Kier molecular flexibility index (Phi) is 8.48. The zero-order valence-corrected chi connectivity index (χ0v) is 19.7. The second kappa shape index (κ2) is 10.4. The molecule has 136 valence electrons. The molecule has 0 N–H and O–H groups in total. The Hall–Kier alpha value is -1.01. The van der Waals surface area contributed by atoms with E-state index < -0.39 is 18.9 Å². The number of benzene rings is 2. The first-order valence-corrected chi connectivity index (χ1v) is 16.2. The fourth-order valence-electron chi connectivity index (χ4n) is 2.61. The summed E-state index contributed by atoms with van der Waals surface area (Å²) in [5, 5.41) is 5.45. The maximum atomic E-state index is 5.54. The van der Waals surface area contributed by atoms with Gasteiger partial charge in [-0.05, 0) is 0 Å². The van der Waals surface area contributed by atoms with E-state index >= 15 is 0 Å². The van der Waals surface area contributed by atoms with Crippen LogP contribution in [-0.2, 0) is 18.9 Å². The molecule has 0 radical (unpaired) electrons. The van der Waals surface area contributed by atoms with Crippen LogP contribution in [0.4, 0.5) is 0 Å². The Balaban J connectivity index is 0.000000146. The SMILES string of the molecule is C[C](C)=[Zr]([Cl])[Cl].Cc1c[cH-]c2ccccc12.Cc1c[cH-]c2ccccc12. The molecular formula is C23H24Cl2Zr-2. The van der Waals surface area contributed by atoms with Crippen molar-refractivity contribution in [3.05, 3.63) is 83.9 Å².